The first-order chi connectivity index (χ1) is 17.9. The average Bonchev–Trinajstić information content (AvgIpc) is 3.67. The van der Waals surface area contributed by atoms with Crippen LogP contribution in [0.25, 0.3) is 0 Å². The lowest BCUT2D eigenvalue weighted by atomic mass is 9.94. The molecule has 3 fully saturated rings. The number of aromatic nitrogens is 1. The number of carbonyl (C=O) groups excluding carboxylic acids is 1. The second-order valence-electron chi connectivity index (χ2n) is 11.1. The second-order valence-corrected chi connectivity index (χ2v) is 11.1. The highest BCUT2D eigenvalue weighted by atomic mass is 19.1. The molecule has 3 N–H and O–H groups in total. The van der Waals surface area contributed by atoms with Gasteiger partial charge in [-0.15, -0.1) is 0 Å². The Hall–Kier alpha value is -2.39. The molecule has 1 aliphatic heterocycles. The van der Waals surface area contributed by atoms with Gasteiger partial charge in [-0.25, -0.2) is 4.39 Å². The molecule has 1 amide bonds. The number of rotatable bonds is 9. The van der Waals surface area contributed by atoms with Crippen molar-refractivity contribution in [3.05, 3.63) is 59.7 Å². The third-order valence-corrected chi connectivity index (χ3v) is 8.19. The van der Waals surface area contributed by atoms with Gasteiger partial charge >= 0.3 is 0 Å². The molecule has 8 heteroatoms. The van der Waals surface area contributed by atoms with Crippen LogP contribution in [-0.4, -0.2) is 64.0 Å². The Labute approximate surface area is 218 Å². The Balaban J connectivity index is 1.50. The number of likely N-dealkylation sites (tertiary alicyclic amines) is 1. The van der Waals surface area contributed by atoms with Gasteiger partial charge in [-0.2, -0.15) is 0 Å². The Morgan fingerprint density at radius 3 is 2.62 bits per heavy atom. The topological polar surface area (TPSA) is 88.9 Å². The van der Waals surface area contributed by atoms with E-state index in [2.05, 4.69) is 10.3 Å². The minimum Gasteiger partial charge on any atom is -0.392 e. The van der Waals surface area contributed by atoms with Gasteiger partial charge in [0.05, 0.1) is 18.2 Å². The van der Waals surface area contributed by atoms with Crippen molar-refractivity contribution < 1.29 is 19.4 Å². The van der Waals surface area contributed by atoms with Crippen LogP contribution in [0, 0.1) is 5.82 Å². The van der Waals surface area contributed by atoms with Crippen LogP contribution < -0.4 is 10.2 Å². The molecule has 0 radical (unpaired) electrons. The van der Waals surface area contributed by atoms with Gasteiger partial charge in [0.25, 0.3) is 0 Å². The summed E-state index contributed by atoms with van der Waals surface area (Å²) in [7, 11) is 1.83. The van der Waals surface area contributed by atoms with Gasteiger partial charge in [0.15, 0.2) is 0 Å². The normalized spacial score (nSPS) is 24.6. The molecule has 7 nitrogen and oxygen atoms in total. The number of pyridine rings is 1. The third-order valence-electron chi connectivity index (χ3n) is 8.19. The van der Waals surface area contributed by atoms with E-state index < -0.39 is 24.4 Å². The van der Waals surface area contributed by atoms with Crippen LogP contribution in [-0.2, 0) is 4.79 Å². The maximum Gasteiger partial charge on any atom is 0.245 e. The quantitative estimate of drug-likeness (QED) is 0.444. The number of nitrogens with zero attached hydrogens (tertiary/aromatic N) is 3. The van der Waals surface area contributed by atoms with E-state index >= 15 is 4.39 Å². The summed E-state index contributed by atoms with van der Waals surface area (Å²) in [5.41, 5.74) is 1.93. The van der Waals surface area contributed by atoms with Crippen molar-refractivity contribution in [3.63, 3.8) is 0 Å². The Bertz CT molecular complexity index is 1060. The highest BCUT2D eigenvalue weighted by Crippen LogP contribution is 2.43. The van der Waals surface area contributed by atoms with Crippen molar-refractivity contribution in [2.24, 2.45) is 0 Å². The van der Waals surface area contributed by atoms with E-state index in [1.165, 1.54) is 12.5 Å². The molecule has 2 saturated carbocycles. The van der Waals surface area contributed by atoms with Gasteiger partial charge in [-0.3, -0.25) is 20.0 Å². The smallest absolute Gasteiger partial charge is 0.245 e. The number of aliphatic hydroxyl groups is 2. The SMILES string of the molecule is CN1C[C@H](O)C[C@@H]1C(=O)N(c1ccc(C2CC2)c(F)c1)C(CC(O)NC1CCCCC1)c1cccnc1. The highest BCUT2D eigenvalue weighted by molar-refractivity contribution is 5.98. The minimum atomic E-state index is -0.842. The molecule has 200 valence electrons. The van der Waals surface area contributed by atoms with Crippen LogP contribution >= 0.6 is 0 Å². The van der Waals surface area contributed by atoms with E-state index in [9.17, 15) is 15.0 Å². The summed E-state index contributed by atoms with van der Waals surface area (Å²) in [6.45, 7) is 0.405. The fourth-order valence-electron chi connectivity index (χ4n) is 6.06. The van der Waals surface area contributed by atoms with Gasteiger partial charge in [0.1, 0.15) is 12.0 Å². The Kier molecular flexibility index (Phi) is 8.19. The van der Waals surface area contributed by atoms with E-state index in [0.717, 1.165) is 44.1 Å². The van der Waals surface area contributed by atoms with E-state index in [1.54, 1.807) is 23.4 Å². The molecule has 1 aromatic carbocycles. The van der Waals surface area contributed by atoms with Crippen LogP contribution in [0.5, 0.6) is 0 Å². The Morgan fingerprint density at radius 1 is 1.22 bits per heavy atom. The lowest BCUT2D eigenvalue weighted by Crippen LogP contribution is -2.48. The Morgan fingerprint density at radius 2 is 2.00 bits per heavy atom. The zero-order chi connectivity index (χ0) is 25.9. The molecule has 1 aromatic heterocycles. The number of halogens is 1. The molecule has 2 heterocycles. The van der Waals surface area contributed by atoms with Crippen LogP contribution in [0.4, 0.5) is 10.1 Å². The number of nitrogens with one attached hydrogen (secondary N) is 1. The molecule has 2 aliphatic carbocycles. The zero-order valence-corrected chi connectivity index (χ0v) is 21.6. The average molecular weight is 511 g/mol. The number of aliphatic hydroxyl groups excluding tert-OH is 2. The van der Waals surface area contributed by atoms with Crippen molar-refractivity contribution in [1.82, 2.24) is 15.2 Å². The lowest BCUT2D eigenvalue weighted by molar-refractivity contribution is -0.123. The zero-order valence-electron chi connectivity index (χ0n) is 21.6. The maximum atomic E-state index is 15.3. The van der Waals surface area contributed by atoms with Gasteiger partial charge in [-0.05, 0) is 74.4 Å². The van der Waals surface area contributed by atoms with Crippen molar-refractivity contribution in [3.8, 4) is 0 Å². The summed E-state index contributed by atoms with van der Waals surface area (Å²) in [5.74, 6) is -0.260. The van der Waals surface area contributed by atoms with Crippen molar-refractivity contribution in [2.45, 2.75) is 94.2 Å². The van der Waals surface area contributed by atoms with Gasteiger partial charge < -0.3 is 15.1 Å². The first-order valence-electron chi connectivity index (χ1n) is 13.8. The number of β-amino-alcohol motifs (C(OH)–C–C–N with tert-alkyl or cyclic N) is 1. The highest BCUT2D eigenvalue weighted by Gasteiger charge is 2.40. The van der Waals surface area contributed by atoms with Crippen LogP contribution in [0.2, 0.25) is 0 Å². The standard InChI is InChI=1S/C29H39FN4O3/c1-33-18-23(35)15-27(33)29(37)34(22-11-12-24(19-9-10-19)25(30)14-22)26(20-6-5-13-31-17-20)16-28(36)32-21-7-3-2-4-8-21/h5-6,11-14,17,19,21,23,26-28,32,35-36H,2-4,7-10,15-16,18H2,1H3/t23-,26?,27-,28?/m1/s1. The molecule has 37 heavy (non-hydrogen) atoms. The van der Waals surface area contributed by atoms with Gasteiger partial charge in [0.2, 0.25) is 5.91 Å². The number of hydrogen-bond donors (Lipinski definition) is 3. The molecule has 0 bridgehead atoms. The summed E-state index contributed by atoms with van der Waals surface area (Å²) in [6.07, 6.45) is 10.0. The molecular weight excluding hydrogens is 471 g/mol. The maximum absolute atomic E-state index is 15.3. The monoisotopic (exact) mass is 510 g/mol. The molecule has 1 saturated heterocycles. The first kappa shape index (κ1) is 26.2. The lowest BCUT2D eigenvalue weighted by Gasteiger charge is -2.37. The van der Waals surface area contributed by atoms with Crippen molar-refractivity contribution >= 4 is 11.6 Å². The van der Waals surface area contributed by atoms with Crippen LogP contribution in [0.1, 0.15) is 80.9 Å². The molecule has 5 rings (SSSR count). The van der Waals surface area contributed by atoms with Crippen LogP contribution in [0.15, 0.2) is 42.7 Å². The summed E-state index contributed by atoms with van der Waals surface area (Å²) >= 11 is 0. The molecule has 4 atom stereocenters. The number of benzene rings is 1. The summed E-state index contributed by atoms with van der Waals surface area (Å²) in [4.78, 5) is 21.9. The number of amides is 1. The second kappa shape index (κ2) is 11.6. The molecule has 0 spiro atoms. The number of hydrogen-bond acceptors (Lipinski definition) is 6. The van der Waals surface area contributed by atoms with E-state index in [0.29, 0.717) is 24.2 Å². The molecular formula is C29H39FN4O3. The number of likely N-dealkylation sites (N-methyl/N-ethyl adjacent to an activating group) is 1. The van der Waals surface area contributed by atoms with Crippen molar-refractivity contribution in [2.75, 3.05) is 18.5 Å². The largest absolute Gasteiger partial charge is 0.392 e. The van der Waals surface area contributed by atoms with Crippen LogP contribution in [0.3, 0.4) is 0 Å². The number of carbonyl (C=O) groups is 1. The minimum absolute atomic E-state index is 0.212. The van der Waals surface area contributed by atoms with E-state index in [-0.39, 0.29) is 30.1 Å². The van der Waals surface area contributed by atoms with Crippen molar-refractivity contribution in [1.29, 1.82) is 0 Å². The predicted molar refractivity (Wildman–Crippen MR) is 141 cm³/mol. The summed E-state index contributed by atoms with van der Waals surface area (Å²) in [5, 5.41) is 24.8. The fraction of sp³-hybridized carbons (Fsp3) is 0.586. The molecule has 2 aromatic rings. The number of anilines is 1. The van der Waals surface area contributed by atoms with Gasteiger partial charge in [-0.1, -0.05) is 31.4 Å². The third kappa shape index (κ3) is 6.20. The summed E-state index contributed by atoms with van der Waals surface area (Å²) < 4.78 is 15.3. The van der Waals surface area contributed by atoms with E-state index in [1.807, 2.05) is 30.1 Å². The fourth-order valence-corrected chi connectivity index (χ4v) is 6.06. The summed E-state index contributed by atoms with van der Waals surface area (Å²) in [6, 6.07) is 7.93. The predicted octanol–water partition coefficient (Wildman–Crippen LogP) is 3.87. The first-order valence-corrected chi connectivity index (χ1v) is 13.8. The van der Waals surface area contributed by atoms with Gasteiger partial charge in [0, 0.05) is 37.1 Å². The molecule has 2 unspecified atom stereocenters. The molecule has 3 aliphatic rings. The van der Waals surface area contributed by atoms with E-state index in [4.69, 9.17) is 0 Å².